The predicted octanol–water partition coefficient (Wildman–Crippen LogP) is 0.411. The van der Waals surface area contributed by atoms with E-state index in [4.69, 9.17) is 4.74 Å². The number of esters is 1. The van der Waals surface area contributed by atoms with Gasteiger partial charge in [0, 0.05) is 0 Å². The van der Waals surface area contributed by atoms with Crippen molar-refractivity contribution in [3.63, 3.8) is 0 Å². The number of carbonyl (C=O) groups is 1. The van der Waals surface area contributed by atoms with E-state index < -0.39 is 24.3 Å². The van der Waals surface area contributed by atoms with Gasteiger partial charge in [0.05, 0.1) is 6.61 Å². The number of hydrogen-bond donors (Lipinski definition) is 2. The first-order valence-electron chi connectivity index (χ1n) is 5.88. The third-order valence-corrected chi connectivity index (χ3v) is 2.84. The number of benzene rings is 1. The molecule has 0 saturated carbocycles. The molecule has 18 heavy (non-hydrogen) atoms. The Hall–Kier alpha value is -1.43. The summed E-state index contributed by atoms with van der Waals surface area (Å²) in [6, 6.07) is 9.34. The summed E-state index contributed by atoms with van der Waals surface area (Å²) in [5, 5.41) is 19.4. The van der Waals surface area contributed by atoms with Crippen LogP contribution in [0.5, 0.6) is 0 Å². The molecule has 0 spiro atoms. The third kappa shape index (κ3) is 2.69. The van der Waals surface area contributed by atoms with Crippen LogP contribution >= 0.6 is 0 Å². The number of ether oxygens (including phenoxy) is 2. The topological polar surface area (TPSA) is 79.3 Å². The molecular weight excluding hydrogens is 236 g/mol. The first-order chi connectivity index (χ1) is 8.65. The molecule has 1 aromatic rings. The van der Waals surface area contributed by atoms with E-state index in [1.54, 1.807) is 6.92 Å². The van der Waals surface area contributed by atoms with Crippen LogP contribution in [0.1, 0.15) is 18.6 Å². The van der Waals surface area contributed by atoms with E-state index in [9.17, 15) is 15.0 Å². The van der Waals surface area contributed by atoms with Crippen molar-refractivity contribution in [3.8, 4) is 0 Å². The third-order valence-electron chi connectivity index (χ3n) is 2.84. The van der Waals surface area contributed by atoms with Gasteiger partial charge in [0.25, 0.3) is 0 Å². The monoisotopic (exact) mass is 252 g/mol. The zero-order valence-corrected chi connectivity index (χ0v) is 10.0. The van der Waals surface area contributed by atoms with Crippen molar-refractivity contribution in [2.45, 2.75) is 31.3 Å². The summed E-state index contributed by atoms with van der Waals surface area (Å²) in [6.07, 6.45) is -3.67. The summed E-state index contributed by atoms with van der Waals surface area (Å²) in [5.74, 6) is -0.827. The molecule has 0 unspecified atom stereocenters. The fourth-order valence-corrected chi connectivity index (χ4v) is 1.84. The van der Waals surface area contributed by atoms with Crippen LogP contribution in [0.3, 0.4) is 0 Å². The van der Waals surface area contributed by atoms with Crippen LogP contribution in [-0.2, 0) is 14.3 Å². The molecule has 0 radical (unpaired) electrons. The Balaban J connectivity index is 1.93. The van der Waals surface area contributed by atoms with Crippen LogP contribution in [-0.4, -0.2) is 41.1 Å². The maximum Gasteiger partial charge on any atom is 0.337 e. The second-order valence-electron chi connectivity index (χ2n) is 4.12. The molecular formula is C13H16O5. The summed E-state index contributed by atoms with van der Waals surface area (Å²) in [5.41, 5.74) is 0.914. The van der Waals surface area contributed by atoms with E-state index in [0.717, 1.165) is 5.56 Å². The smallest absolute Gasteiger partial charge is 0.337 e. The molecule has 1 aliphatic rings. The second-order valence-corrected chi connectivity index (χ2v) is 4.12. The van der Waals surface area contributed by atoms with Crippen LogP contribution in [0, 0.1) is 0 Å². The van der Waals surface area contributed by atoms with Crippen molar-refractivity contribution in [1.82, 2.24) is 0 Å². The number of rotatable bonds is 5. The zero-order valence-electron chi connectivity index (χ0n) is 10.0. The minimum atomic E-state index is -1.57. The van der Waals surface area contributed by atoms with E-state index in [1.807, 2.05) is 30.3 Å². The minimum absolute atomic E-state index is 0.163. The van der Waals surface area contributed by atoms with Crippen LogP contribution < -0.4 is 0 Å². The van der Waals surface area contributed by atoms with Gasteiger partial charge in [-0.15, -0.1) is 0 Å². The van der Waals surface area contributed by atoms with Gasteiger partial charge in [0.1, 0.15) is 18.3 Å². The summed E-state index contributed by atoms with van der Waals surface area (Å²) in [7, 11) is 0. The van der Waals surface area contributed by atoms with Gasteiger partial charge < -0.3 is 19.7 Å². The standard InChI is InChI=1S/C13H16O5/c1-2-17-13(16)10(15)9(14)12-11(18-12)8-6-4-3-5-7-8/h3-7,9-12,14-15H,2H2,1H3/t9-,10-,11-,12-/m0/s1. The molecule has 98 valence electrons. The largest absolute Gasteiger partial charge is 0.464 e. The Labute approximate surface area is 105 Å². The summed E-state index contributed by atoms with van der Waals surface area (Å²) in [4.78, 5) is 11.3. The fourth-order valence-electron chi connectivity index (χ4n) is 1.84. The Kier molecular flexibility index (Phi) is 3.96. The average molecular weight is 252 g/mol. The predicted molar refractivity (Wildman–Crippen MR) is 62.7 cm³/mol. The highest BCUT2D eigenvalue weighted by Crippen LogP contribution is 2.41. The maximum absolute atomic E-state index is 11.3. The van der Waals surface area contributed by atoms with Gasteiger partial charge in [0.2, 0.25) is 0 Å². The maximum atomic E-state index is 11.3. The Morgan fingerprint density at radius 1 is 1.39 bits per heavy atom. The summed E-state index contributed by atoms with van der Waals surface area (Å²) in [6.45, 7) is 1.80. The highest BCUT2D eigenvalue weighted by Gasteiger charge is 2.49. The average Bonchev–Trinajstić information content (AvgIpc) is 3.18. The van der Waals surface area contributed by atoms with E-state index in [2.05, 4.69) is 4.74 Å². The van der Waals surface area contributed by atoms with E-state index in [0.29, 0.717) is 0 Å². The van der Waals surface area contributed by atoms with Crippen molar-refractivity contribution < 1.29 is 24.5 Å². The molecule has 4 atom stereocenters. The molecule has 0 amide bonds. The molecule has 1 heterocycles. The number of epoxide rings is 1. The van der Waals surface area contributed by atoms with Gasteiger partial charge in [-0.25, -0.2) is 4.79 Å². The van der Waals surface area contributed by atoms with E-state index in [1.165, 1.54) is 0 Å². The molecule has 2 N–H and O–H groups in total. The van der Waals surface area contributed by atoms with Crippen molar-refractivity contribution >= 4 is 5.97 Å². The lowest BCUT2D eigenvalue weighted by Crippen LogP contribution is -2.39. The second kappa shape index (κ2) is 5.48. The summed E-state index contributed by atoms with van der Waals surface area (Å²) < 4.78 is 9.94. The first kappa shape index (κ1) is 13.0. The Bertz CT molecular complexity index is 405. The highest BCUT2D eigenvalue weighted by atomic mass is 16.6. The van der Waals surface area contributed by atoms with Crippen molar-refractivity contribution in [2.75, 3.05) is 6.61 Å². The van der Waals surface area contributed by atoms with Crippen molar-refractivity contribution in [3.05, 3.63) is 35.9 Å². The molecule has 2 rings (SSSR count). The zero-order chi connectivity index (χ0) is 13.1. The Morgan fingerprint density at radius 3 is 2.67 bits per heavy atom. The van der Waals surface area contributed by atoms with Gasteiger partial charge in [-0.1, -0.05) is 30.3 Å². The lowest BCUT2D eigenvalue weighted by atomic mass is 10.0. The molecule has 0 bridgehead atoms. The van der Waals surface area contributed by atoms with E-state index in [-0.39, 0.29) is 12.7 Å². The first-order valence-corrected chi connectivity index (χ1v) is 5.88. The Morgan fingerprint density at radius 2 is 2.06 bits per heavy atom. The number of aliphatic hydroxyl groups is 2. The molecule has 1 aromatic carbocycles. The van der Waals surface area contributed by atoms with Crippen LogP contribution in [0.15, 0.2) is 30.3 Å². The van der Waals surface area contributed by atoms with Gasteiger partial charge in [0.15, 0.2) is 6.10 Å². The normalized spacial score (nSPS) is 25.3. The molecule has 0 aromatic heterocycles. The quantitative estimate of drug-likeness (QED) is 0.586. The fraction of sp³-hybridized carbons (Fsp3) is 0.462. The number of aliphatic hydroxyl groups excluding tert-OH is 2. The van der Waals surface area contributed by atoms with Crippen LogP contribution in [0.25, 0.3) is 0 Å². The van der Waals surface area contributed by atoms with Gasteiger partial charge in [-0.3, -0.25) is 0 Å². The van der Waals surface area contributed by atoms with Gasteiger partial charge in [-0.05, 0) is 12.5 Å². The molecule has 1 fully saturated rings. The van der Waals surface area contributed by atoms with Crippen LogP contribution in [0.4, 0.5) is 0 Å². The van der Waals surface area contributed by atoms with Gasteiger partial charge >= 0.3 is 5.97 Å². The van der Waals surface area contributed by atoms with Crippen molar-refractivity contribution in [1.29, 1.82) is 0 Å². The van der Waals surface area contributed by atoms with Gasteiger partial charge in [-0.2, -0.15) is 0 Å². The number of hydrogen-bond acceptors (Lipinski definition) is 5. The summed E-state index contributed by atoms with van der Waals surface area (Å²) >= 11 is 0. The van der Waals surface area contributed by atoms with E-state index >= 15 is 0 Å². The molecule has 1 saturated heterocycles. The SMILES string of the molecule is CCOC(=O)[C@@H](O)[C@H](O)[C@@H]1O[C@H]1c1ccccc1. The molecule has 5 nitrogen and oxygen atoms in total. The van der Waals surface area contributed by atoms with Crippen LogP contribution in [0.2, 0.25) is 0 Å². The lowest BCUT2D eigenvalue weighted by Gasteiger charge is -2.14. The highest BCUT2D eigenvalue weighted by molar-refractivity contribution is 5.75. The molecule has 1 aliphatic heterocycles. The molecule has 5 heteroatoms. The number of carbonyl (C=O) groups excluding carboxylic acids is 1. The van der Waals surface area contributed by atoms with Crippen molar-refractivity contribution in [2.24, 2.45) is 0 Å². The molecule has 0 aliphatic carbocycles. The minimum Gasteiger partial charge on any atom is -0.464 e. The lowest BCUT2D eigenvalue weighted by molar-refractivity contribution is -0.159.